The van der Waals surface area contributed by atoms with Gasteiger partial charge >= 0.3 is 5.97 Å². The summed E-state index contributed by atoms with van der Waals surface area (Å²) < 4.78 is 0. The van der Waals surface area contributed by atoms with E-state index in [-0.39, 0.29) is 36.4 Å². The molecule has 3 fully saturated rings. The van der Waals surface area contributed by atoms with Crippen LogP contribution in [0.4, 0.5) is 0 Å². The van der Waals surface area contributed by atoms with Gasteiger partial charge in [0.15, 0.2) is 5.78 Å². The van der Waals surface area contributed by atoms with Gasteiger partial charge in [-0.3, -0.25) is 9.59 Å². The van der Waals surface area contributed by atoms with Gasteiger partial charge in [0, 0.05) is 18.3 Å². The quantitative estimate of drug-likeness (QED) is 0.718. The molecule has 0 aliphatic heterocycles. The van der Waals surface area contributed by atoms with Crippen LogP contribution in [0.25, 0.3) is 0 Å². The molecule has 2 unspecified atom stereocenters. The summed E-state index contributed by atoms with van der Waals surface area (Å²) >= 11 is 0. The van der Waals surface area contributed by atoms with E-state index in [1.165, 1.54) is 12.8 Å². The maximum atomic E-state index is 12.1. The minimum absolute atomic E-state index is 0.0138. The number of fused-ring (bicyclic) bond motifs is 5. The molecule has 4 aliphatic rings. The van der Waals surface area contributed by atoms with E-state index < -0.39 is 23.1 Å². The Kier molecular flexibility index (Phi) is 4.12. The third-order valence-corrected chi connectivity index (χ3v) is 8.44. The highest BCUT2D eigenvalue weighted by Gasteiger charge is 2.68. The van der Waals surface area contributed by atoms with Crippen molar-refractivity contribution in [2.45, 2.75) is 82.8 Å². The maximum Gasteiger partial charge on any atom is 0.303 e. The molecule has 0 aromatic heterocycles. The second kappa shape index (κ2) is 5.90. The number of ketones is 1. The Morgan fingerprint density at radius 1 is 1.23 bits per heavy atom. The third kappa shape index (κ3) is 2.29. The zero-order chi connectivity index (χ0) is 18.7. The fraction of sp³-hybridized carbons (Fsp3) is 0.810. The first kappa shape index (κ1) is 18.2. The van der Waals surface area contributed by atoms with Crippen molar-refractivity contribution in [3.63, 3.8) is 0 Å². The molecule has 144 valence electrons. The lowest BCUT2D eigenvalue weighted by molar-refractivity contribution is -0.222. The molecule has 0 saturated heterocycles. The summed E-state index contributed by atoms with van der Waals surface area (Å²) in [7, 11) is 0. The molecule has 0 radical (unpaired) electrons. The topological polar surface area (TPSA) is 94.8 Å². The smallest absolute Gasteiger partial charge is 0.303 e. The molecular formula is C21H30O5. The van der Waals surface area contributed by atoms with Crippen LogP contribution in [0.2, 0.25) is 0 Å². The Balaban J connectivity index is 1.81. The van der Waals surface area contributed by atoms with Gasteiger partial charge < -0.3 is 15.3 Å². The molecule has 0 bridgehead atoms. The number of hydrogen-bond acceptors (Lipinski definition) is 4. The Labute approximate surface area is 154 Å². The van der Waals surface area contributed by atoms with Crippen molar-refractivity contribution in [1.82, 2.24) is 0 Å². The molecule has 4 rings (SSSR count). The van der Waals surface area contributed by atoms with Crippen molar-refractivity contribution in [3.8, 4) is 0 Å². The number of aliphatic carboxylic acids is 1. The number of carbonyl (C=O) groups excluding carboxylic acids is 1. The zero-order valence-corrected chi connectivity index (χ0v) is 15.5. The summed E-state index contributed by atoms with van der Waals surface area (Å²) in [5, 5.41) is 32.4. The third-order valence-electron chi connectivity index (χ3n) is 8.44. The number of carboxylic acid groups (broad SMARTS) is 1. The van der Waals surface area contributed by atoms with Crippen molar-refractivity contribution in [1.29, 1.82) is 0 Å². The lowest BCUT2D eigenvalue weighted by Gasteiger charge is -2.64. The molecule has 3 N–H and O–H groups in total. The summed E-state index contributed by atoms with van der Waals surface area (Å²) in [6.07, 6.45) is 7.19. The van der Waals surface area contributed by atoms with Gasteiger partial charge in [0.05, 0.1) is 11.7 Å². The fourth-order valence-electron chi connectivity index (χ4n) is 7.23. The number of rotatable bonds is 3. The highest BCUT2D eigenvalue weighted by atomic mass is 16.4. The molecule has 26 heavy (non-hydrogen) atoms. The van der Waals surface area contributed by atoms with Gasteiger partial charge in [0.25, 0.3) is 0 Å². The van der Waals surface area contributed by atoms with Crippen LogP contribution < -0.4 is 0 Å². The van der Waals surface area contributed by atoms with Crippen LogP contribution in [0, 0.1) is 22.7 Å². The van der Waals surface area contributed by atoms with Crippen molar-refractivity contribution in [2.24, 2.45) is 22.7 Å². The maximum absolute atomic E-state index is 12.1. The van der Waals surface area contributed by atoms with E-state index in [0.29, 0.717) is 18.8 Å². The van der Waals surface area contributed by atoms with Crippen molar-refractivity contribution < 1.29 is 24.9 Å². The Morgan fingerprint density at radius 2 is 2.00 bits per heavy atom. The first-order valence-corrected chi connectivity index (χ1v) is 10.1. The summed E-state index contributed by atoms with van der Waals surface area (Å²) in [4.78, 5) is 23.4. The van der Waals surface area contributed by atoms with Gasteiger partial charge in [0.1, 0.15) is 0 Å². The summed E-state index contributed by atoms with van der Waals surface area (Å²) in [5.41, 5.74) is -1.04. The van der Waals surface area contributed by atoms with Gasteiger partial charge in [-0.1, -0.05) is 18.9 Å². The van der Waals surface area contributed by atoms with Crippen molar-refractivity contribution in [3.05, 3.63) is 11.6 Å². The lowest BCUT2D eigenvalue weighted by Crippen LogP contribution is -2.67. The highest BCUT2D eigenvalue weighted by molar-refractivity contribution is 5.92. The number of carboxylic acids is 1. The SMILES string of the molecule is C[C@@]12CCC[C@H]1[C@@H]1CCC3=CC(=O)CC(O)[C@]3(CCC(=O)O)C1(O)CC2. The molecule has 0 aromatic carbocycles. The van der Waals surface area contributed by atoms with E-state index in [4.69, 9.17) is 0 Å². The molecule has 0 aromatic rings. The monoisotopic (exact) mass is 362 g/mol. The van der Waals surface area contributed by atoms with E-state index in [1.807, 2.05) is 0 Å². The molecule has 0 spiro atoms. The van der Waals surface area contributed by atoms with Gasteiger partial charge in [-0.2, -0.15) is 0 Å². The Hall–Kier alpha value is -1.20. The van der Waals surface area contributed by atoms with E-state index >= 15 is 0 Å². The normalized spacial score (nSPS) is 47.6. The van der Waals surface area contributed by atoms with Gasteiger partial charge in [0.2, 0.25) is 0 Å². The molecular weight excluding hydrogens is 332 g/mol. The highest BCUT2D eigenvalue weighted by Crippen LogP contribution is 2.68. The summed E-state index contributed by atoms with van der Waals surface area (Å²) in [6.45, 7) is 2.33. The van der Waals surface area contributed by atoms with E-state index in [0.717, 1.165) is 24.8 Å². The predicted octanol–water partition coefficient (Wildman–Crippen LogP) is 2.84. The summed E-state index contributed by atoms with van der Waals surface area (Å²) in [6, 6.07) is 0. The standard InChI is InChI=1S/C21H30O5/c1-19-7-2-3-15(19)16-5-4-13-11-14(22)12-17(23)20(13,8-6-18(24)25)21(16,26)10-9-19/h11,15-17,23,26H,2-10,12H2,1H3,(H,24,25)/t15-,16-,17?,19-,20+,21?/m0/s1. The first-order chi connectivity index (χ1) is 12.2. The Bertz CT molecular complexity index is 669. The van der Waals surface area contributed by atoms with Crippen LogP contribution in [-0.2, 0) is 9.59 Å². The van der Waals surface area contributed by atoms with Crippen molar-refractivity contribution >= 4 is 11.8 Å². The molecule has 0 amide bonds. The van der Waals surface area contributed by atoms with Crippen LogP contribution in [0.3, 0.4) is 0 Å². The average Bonchev–Trinajstić information content (AvgIpc) is 2.95. The zero-order valence-electron chi connectivity index (χ0n) is 15.5. The minimum Gasteiger partial charge on any atom is -0.481 e. The number of aliphatic hydroxyl groups is 2. The lowest BCUT2D eigenvalue weighted by atomic mass is 9.43. The van der Waals surface area contributed by atoms with Gasteiger partial charge in [-0.25, -0.2) is 0 Å². The molecule has 5 nitrogen and oxygen atoms in total. The fourth-order valence-corrected chi connectivity index (χ4v) is 7.23. The van der Waals surface area contributed by atoms with Crippen LogP contribution in [-0.4, -0.2) is 38.8 Å². The minimum atomic E-state index is -1.11. The number of aliphatic hydroxyl groups excluding tert-OH is 1. The van der Waals surface area contributed by atoms with Crippen LogP contribution in [0.1, 0.15) is 71.1 Å². The van der Waals surface area contributed by atoms with E-state index in [1.54, 1.807) is 6.08 Å². The van der Waals surface area contributed by atoms with Crippen LogP contribution in [0.15, 0.2) is 11.6 Å². The Morgan fingerprint density at radius 3 is 2.73 bits per heavy atom. The average molecular weight is 362 g/mol. The first-order valence-electron chi connectivity index (χ1n) is 10.1. The van der Waals surface area contributed by atoms with Crippen molar-refractivity contribution in [2.75, 3.05) is 0 Å². The van der Waals surface area contributed by atoms with Crippen LogP contribution in [0.5, 0.6) is 0 Å². The second-order valence-corrected chi connectivity index (χ2v) is 9.44. The largest absolute Gasteiger partial charge is 0.481 e. The molecule has 5 heteroatoms. The van der Waals surface area contributed by atoms with Gasteiger partial charge in [-0.15, -0.1) is 0 Å². The predicted molar refractivity (Wildman–Crippen MR) is 95.4 cm³/mol. The molecule has 4 aliphatic carbocycles. The summed E-state index contributed by atoms with van der Waals surface area (Å²) in [5.74, 6) is -0.524. The van der Waals surface area contributed by atoms with E-state index in [9.17, 15) is 24.9 Å². The number of hydrogen-bond donors (Lipinski definition) is 3. The number of carbonyl (C=O) groups is 2. The van der Waals surface area contributed by atoms with Crippen LogP contribution >= 0.6 is 0 Å². The van der Waals surface area contributed by atoms with E-state index in [2.05, 4.69) is 6.92 Å². The molecule has 6 atom stereocenters. The molecule has 3 saturated carbocycles. The van der Waals surface area contributed by atoms with Gasteiger partial charge in [-0.05, 0) is 68.3 Å². The molecule has 0 heterocycles. The second-order valence-electron chi connectivity index (χ2n) is 9.44.